The second-order valence-electron chi connectivity index (χ2n) is 4.00. The Labute approximate surface area is 99.2 Å². The number of likely N-dealkylation sites (tertiary alicyclic amines) is 1. The third-order valence-corrected chi connectivity index (χ3v) is 2.80. The van der Waals surface area contributed by atoms with Gasteiger partial charge in [-0.2, -0.15) is 0 Å². The van der Waals surface area contributed by atoms with E-state index in [-0.39, 0.29) is 5.91 Å². The molecule has 0 atom stereocenters. The Balaban J connectivity index is 2.15. The summed E-state index contributed by atoms with van der Waals surface area (Å²) < 4.78 is 0. The minimum Gasteiger partial charge on any atom is -0.283 e. The second kappa shape index (κ2) is 4.91. The van der Waals surface area contributed by atoms with Crippen molar-refractivity contribution < 1.29 is 14.4 Å². The topological polar surface area (TPSA) is 54.5 Å². The highest BCUT2D eigenvalue weighted by atomic mass is 16.2. The predicted octanol–water partition coefficient (Wildman–Crippen LogP) is 1.41. The molecule has 1 saturated heterocycles. The Bertz CT molecular complexity index is 453. The van der Waals surface area contributed by atoms with Gasteiger partial charge in [0.25, 0.3) is 5.78 Å². The van der Waals surface area contributed by atoms with Crippen LogP contribution in [0.4, 0.5) is 0 Å². The first-order chi connectivity index (χ1) is 8.20. The molecule has 1 aliphatic rings. The standard InChI is InChI=1S/C13H13NO3/c15-11-8-4-5-9-14(11)13(17)12(16)10-6-2-1-3-7-10/h1-3,6-7H,4-5,8-9H2. The van der Waals surface area contributed by atoms with Gasteiger partial charge in [0.2, 0.25) is 5.91 Å². The molecular formula is C13H13NO3. The van der Waals surface area contributed by atoms with Crippen LogP contribution in [0.3, 0.4) is 0 Å². The van der Waals surface area contributed by atoms with Gasteiger partial charge in [0.05, 0.1) is 0 Å². The van der Waals surface area contributed by atoms with E-state index in [1.807, 2.05) is 0 Å². The van der Waals surface area contributed by atoms with Crippen LogP contribution in [0.1, 0.15) is 29.6 Å². The van der Waals surface area contributed by atoms with Gasteiger partial charge in [0, 0.05) is 18.5 Å². The van der Waals surface area contributed by atoms with Gasteiger partial charge in [0.15, 0.2) is 0 Å². The van der Waals surface area contributed by atoms with Crippen molar-refractivity contribution in [2.75, 3.05) is 6.54 Å². The zero-order valence-corrected chi connectivity index (χ0v) is 9.39. The Morgan fingerprint density at radius 1 is 1.06 bits per heavy atom. The van der Waals surface area contributed by atoms with Crippen LogP contribution in [0.15, 0.2) is 30.3 Å². The molecule has 2 rings (SSSR count). The first kappa shape index (κ1) is 11.5. The molecule has 1 aliphatic heterocycles. The van der Waals surface area contributed by atoms with E-state index in [1.54, 1.807) is 30.3 Å². The van der Waals surface area contributed by atoms with Crippen molar-refractivity contribution in [2.24, 2.45) is 0 Å². The van der Waals surface area contributed by atoms with E-state index >= 15 is 0 Å². The Morgan fingerprint density at radius 3 is 2.41 bits per heavy atom. The van der Waals surface area contributed by atoms with Crippen LogP contribution < -0.4 is 0 Å². The summed E-state index contributed by atoms with van der Waals surface area (Å²) in [5.74, 6) is -1.56. The van der Waals surface area contributed by atoms with Gasteiger partial charge in [-0.25, -0.2) is 0 Å². The molecule has 0 spiro atoms. The van der Waals surface area contributed by atoms with Crippen molar-refractivity contribution in [1.29, 1.82) is 0 Å². The molecule has 0 bridgehead atoms. The number of imide groups is 1. The molecule has 2 amide bonds. The van der Waals surface area contributed by atoms with E-state index in [2.05, 4.69) is 0 Å². The summed E-state index contributed by atoms with van der Waals surface area (Å²) in [6.45, 7) is 0.357. The lowest BCUT2D eigenvalue weighted by Crippen LogP contribution is -2.43. The molecule has 1 fully saturated rings. The van der Waals surface area contributed by atoms with Gasteiger partial charge in [0.1, 0.15) is 0 Å². The Morgan fingerprint density at radius 2 is 1.76 bits per heavy atom. The zero-order valence-electron chi connectivity index (χ0n) is 9.39. The van der Waals surface area contributed by atoms with Crippen molar-refractivity contribution >= 4 is 17.6 Å². The molecule has 0 saturated carbocycles. The first-order valence-corrected chi connectivity index (χ1v) is 5.64. The third-order valence-electron chi connectivity index (χ3n) is 2.80. The fourth-order valence-corrected chi connectivity index (χ4v) is 1.86. The van der Waals surface area contributed by atoms with E-state index in [4.69, 9.17) is 0 Å². The second-order valence-corrected chi connectivity index (χ2v) is 4.00. The molecule has 4 nitrogen and oxygen atoms in total. The molecule has 1 aromatic carbocycles. The summed E-state index contributed by atoms with van der Waals surface area (Å²) in [5.41, 5.74) is 0.330. The van der Waals surface area contributed by atoms with Gasteiger partial charge in [-0.15, -0.1) is 0 Å². The number of hydrogen-bond donors (Lipinski definition) is 0. The maximum Gasteiger partial charge on any atom is 0.301 e. The average Bonchev–Trinajstić information content (AvgIpc) is 2.39. The van der Waals surface area contributed by atoms with Crippen LogP contribution in [0.25, 0.3) is 0 Å². The number of rotatable bonds is 2. The molecule has 0 radical (unpaired) electrons. The van der Waals surface area contributed by atoms with E-state index in [0.29, 0.717) is 18.5 Å². The monoisotopic (exact) mass is 231 g/mol. The largest absolute Gasteiger partial charge is 0.301 e. The average molecular weight is 231 g/mol. The van der Waals surface area contributed by atoms with E-state index in [1.165, 1.54) is 0 Å². The van der Waals surface area contributed by atoms with E-state index in [9.17, 15) is 14.4 Å². The number of hydrogen-bond acceptors (Lipinski definition) is 3. The van der Waals surface area contributed by atoms with Crippen molar-refractivity contribution in [3.63, 3.8) is 0 Å². The summed E-state index contributed by atoms with van der Waals surface area (Å²) in [6, 6.07) is 8.31. The van der Waals surface area contributed by atoms with Gasteiger partial charge in [-0.1, -0.05) is 30.3 Å². The molecule has 88 valence electrons. The maximum absolute atomic E-state index is 11.9. The highest BCUT2D eigenvalue weighted by Crippen LogP contribution is 2.12. The number of ketones is 1. The lowest BCUT2D eigenvalue weighted by Gasteiger charge is -2.23. The lowest BCUT2D eigenvalue weighted by atomic mass is 10.1. The molecule has 17 heavy (non-hydrogen) atoms. The highest BCUT2D eigenvalue weighted by molar-refractivity contribution is 6.44. The Hall–Kier alpha value is -1.97. The molecule has 0 N–H and O–H groups in total. The number of amides is 2. The molecule has 1 heterocycles. The minimum atomic E-state index is -0.707. The molecule has 4 heteroatoms. The number of carbonyl (C=O) groups excluding carboxylic acids is 3. The summed E-state index contributed by atoms with van der Waals surface area (Å²) in [6.07, 6.45) is 1.93. The summed E-state index contributed by atoms with van der Waals surface area (Å²) in [5, 5.41) is 0. The molecule has 0 aromatic heterocycles. The van der Waals surface area contributed by atoms with Crippen LogP contribution >= 0.6 is 0 Å². The molecule has 1 aromatic rings. The number of piperidine rings is 1. The third kappa shape index (κ3) is 2.41. The van der Waals surface area contributed by atoms with Crippen molar-refractivity contribution in [1.82, 2.24) is 4.90 Å². The van der Waals surface area contributed by atoms with E-state index < -0.39 is 11.7 Å². The number of carbonyl (C=O) groups is 3. The fourth-order valence-electron chi connectivity index (χ4n) is 1.86. The first-order valence-electron chi connectivity index (χ1n) is 5.64. The minimum absolute atomic E-state index is 0.245. The van der Waals surface area contributed by atoms with Crippen LogP contribution in [0.5, 0.6) is 0 Å². The van der Waals surface area contributed by atoms with Crippen LogP contribution in [-0.4, -0.2) is 29.0 Å². The molecule has 0 aliphatic carbocycles. The van der Waals surface area contributed by atoms with Crippen LogP contribution in [0.2, 0.25) is 0 Å². The zero-order chi connectivity index (χ0) is 12.3. The summed E-state index contributed by atoms with van der Waals surface area (Å²) in [7, 11) is 0. The van der Waals surface area contributed by atoms with E-state index in [0.717, 1.165) is 17.7 Å². The van der Waals surface area contributed by atoms with Crippen LogP contribution in [-0.2, 0) is 9.59 Å². The number of nitrogens with zero attached hydrogens (tertiary/aromatic N) is 1. The number of benzene rings is 1. The molecule has 0 unspecified atom stereocenters. The van der Waals surface area contributed by atoms with Crippen molar-refractivity contribution in [3.8, 4) is 0 Å². The molecular weight excluding hydrogens is 218 g/mol. The predicted molar refractivity (Wildman–Crippen MR) is 61.3 cm³/mol. The SMILES string of the molecule is O=C(C(=O)N1CCCCC1=O)c1ccccc1. The highest BCUT2D eigenvalue weighted by Gasteiger charge is 2.29. The van der Waals surface area contributed by atoms with Gasteiger partial charge in [-0.05, 0) is 12.8 Å². The van der Waals surface area contributed by atoms with Gasteiger partial charge < -0.3 is 0 Å². The summed E-state index contributed by atoms with van der Waals surface area (Å²) >= 11 is 0. The van der Waals surface area contributed by atoms with Gasteiger partial charge in [-0.3, -0.25) is 19.3 Å². The van der Waals surface area contributed by atoms with Crippen molar-refractivity contribution in [2.45, 2.75) is 19.3 Å². The normalized spacial score (nSPS) is 15.8. The summed E-state index contributed by atoms with van der Waals surface area (Å²) in [4.78, 5) is 36.3. The smallest absolute Gasteiger partial charge is 0.283 e. The maximum atomic E-state index is 11.9. The van der Waals surface area contributed by atoms with Crippen molar-refractivity contribution in [3.05, 3.63) is 35.9 Å². The fraction of sp³-hybridized carbons (Fsp3) is 0.308. The lowest BCUT2D eigenvalue weighted by molar-refractivity contribution is -0.143. The number of Topliss-reactive ketones (excluding diaryl/α,β-unsaturated/α-hetero) is 1. The van der Waals surface area contributed by atoms with Gasteiger partial charge >= 0.3 is 5.91 Å². The quantitative estimate of drug-likeness (QED) is 0.571. The van der Waals surface area contributed by atoms with Crippen LogP contribution in [0, 0.1) is 0 Å². The Kier molecular flexibility index (Phi) is 3.32.